The van der Waals surface area contributed by atoms with Crippen LogP contribution in [-0.2, 0) is 9.53 Å². The molecular weight excluding hydrogens is 438 g/mol. The maximum Gasteiger partial charge on any atom is 0.230 e. The lowest BCUT2D eigenvalue weighted by Gasteiger charge is -2.46. The number of methoxy groups -OCH3 is 1. The van der Waals surface area contributed by atoms with Crippen molar-refractivity contribution in [1.82, 2.24) is 10.3 Å². The molecule has 3 aliphatic carbocycles. The van der Waals surface area contributed by atoms with Crippen LogP contribution in [0.15, 0.2) is 48.7 Å². The van der Waals surface area contributed by atoms with Gasteiger partial charge in [0, 0.05) is 18.7 Å². The Hall–Kier alpha value is -2.91. The topological polar surface area (TPSA) is 84.2 Å². The van der Waals surface area contributed by atoms with Crippen LogP contribution >= 0.6 is 0 Å². The average molecular weight is 476 g/mol. The summed E-state index contributed by atoms with van der Waals surface area (Å²) in [5, 5.41) is 12.5. The van der Waals surface area contributed by atoms with E-state index in [-0.39, 0.29) is 12.3 Å². The summed E-state index contributed by atoms with van der Waals surface area (Å²) in [6.45, 7) is 4.67. The first-order valence-corrected chi connectivity index (χ1v) is 12.7. The molecule has 0 spiro atoms. The van der Waals surface area contributed by atoms with Crippen molar-refractivity contribution in [2.24, 2.45) is 11.3 Å². The summed E-state index contributed by atoms with van der Waals surface area (Å²) in [4.78, 5) is 17.6. The summed E-state index contributed by atoms with van der Waals surface area (Å²) in [6, 6.07) is 15.1. The number of carbonyl (C=O) groups is 1. The second-order valence-electron chi connectivity index (χ2n) is 10.8. The Morgan fingerprint density at radius 2 is 1.86 bits per heavy atom. The van der Waals surface area contributed by atoms with Crippen LogP contribution in [0.25, 0.3) is 0 Å². The van der Waals surface area contributed by atoms with Crippen LogP contribution < -0.4 is 10.1 Å². The van der Waals surface area contributed by atoms with E-state index in [1.807, 2.05) is 44.2 Å². The van der Waals surface area contributed by atoms with Crippen molar-refractivity contribution in [3.05, 3.63) is 59.9 Å². The van der Waals surface area contributed by atoms with Gasteiger partial charge in [0.1, 0.15) is 5.75 Å². The molecule has 1 aromatic carbocycles. The van der Waals surface area contributed by atoms with Crippen molar-refractivity contribution in [2.45, 2.75) is 76.4 Å². The molecule has 2 unspecified atom stereocenters. The SMILES string of the molecule is COC(C)(C)C(NC(=O)C(CC#N)c1ccccn1)c1ccc(OCC23CCC(CC2)CC3)cc1. The third-order valence-electron chi connectivity index (χ3n) is 8.17. The zero-order chi connectivity index (χ0) is 24.9. The number of amides is 1. The van der Waals surface area contributed by atoms with Gasteiger partial charge >= 0.3 is 0 Å². The van der Waals surface area contributed by atoms with Crippen molar-refractivity contribution < 1.29 is 14.3 Å². The molecule has 35 heavy (non-hydrogen) atoms. The number of nitrogens with zero attached hydrogens (tertiary/aromatic N) is 2. The van der Waals surface area contributed by atoms with Crippen molar-refractivity contribution in [2.75, 3.05) is 13.7 Å². The Balaban J connectivity index is 1.47. The van der Waals surface area contributed by atoms with E-state index < -0.39 is 17.6 Å². The molecule has 3 fully saturated rings. The Bertz CT molecular complexity index is 1010. The highest BCUT2D eigenvalue weighted by molar-refractivity contribution is 5.84. The van der Waals surface area contributed by atoms with E-state index >= 15 is 0 Å². The number of rotatable bonds is 10. The molecule has 1 N–H and O–H groups in total. The normalized spacial score (nSPS) is 23.2. The van der Waals surface area contributed by atoms with Gasteiger partial charge in [-0.25, -0.2) is 0 Å². The molecule has 186 valence electrons. The van der Waals surface area contributed by atoms with Crippen LogP contribution in [-0.4, -0.2) is 30.2 Å². The number of hydrogen-bond donors (Lipinski definition) is 1. The van der Waals surface area contributed by atoms with Crippen LogP contribution in [0.4, 0.5) is 0 Å². The Morgan fingerprint density at radius 1 is 1.17 bits per heavy atom. The molecule has 0 radical (unpaired) electrons. The molecular formula is C29H37N3O3. The number of benzene rings is 1. The summed E-state index contributed by atoms with van der Waals surface area (Å²) in [5.74, 6) is 0.904. The summed E-state index contributed by atoms with van der Waals surface area (Å²) in [7, 11) is 1.64. The molecule has 1 aromatic heterocycles. The van der Waals surface area contributed by atoms with Crippen molar-refractivity contribution in [3.63, 3.8) is 0 Å². The predicted molar refractivity (Wildman–Crippen MR) is 135 cm³/mol. The Morgan fingerprint density at radius 3 is 2.43 bits per heavy atom. The minimum Gasteiger partial charge on any atom is -0.493 e. The molecule has 6 heteroatoms. The molecule has 2 atom stereocenters. The highest BCUT2D eigenvalue weighted by Crippen LogP contribution is 2.50. The summed E-state index contributed by atoms with van der Waals surface area (Å²) >= 11 is 0. The van der Waals surface area contributed by atoms with Gasteiger partial charge in [-0.1, -0.05) is 18.2 Å². The van der Waals surface area contributed by atoms with Crippen molar-refractivity contribution >= 4 is 5.91 Å². The van der Waals surface area contributed by atoms with Crippen molar-refractivity contribution in [3.8, 4) is 11.8 Å². The molecule has 5 rings (SSSR count). The van der Waals surface area contributed by atoms with E-state index in [2.05, 4.69) is 16.4 Å². The maximum absolute atomic E-state index is 13.3. The number of ether oxygens (including phenoxy) is 2. The van der Waals surface area contributed by atoms with Crippen molar-refractivity contribution in [1.29, 1.82) is 5.26 Å². The monoisotopic (exact) mass is 475 g/mol. The lowest BCUT2D eigenvalue weighted by Crippen LogP contribution is -2.45. The van der Waals surface area contributed by atoms with Crippen LogP contribution in [0.2, 0.25) is 0 Å². The van der Waals surface area contributed by atoms with Gasteiger partial charge in [-0.15, -0.1) is 0 Å². The maximum atomic E-state index is 13.3. The first-order chi connectivity index (χ1) is 16.9. The molecule has 1 amide bonds. The van der Waals surface area contributed by atoms with E-state index in [1.54, 1.807) is 25.4 Å². The fourth-order valence-electron chi connectivity index (χ4n) is 5.57. The van der Waals surface area contributed by atoms with Gasteiger partial charge in [0.15, 0.2) is 0 Å². The third kappa shape index (κ3) is 5.85. The second-order valence-corrected chi connectivity index (χ2v) is 10.8. The average Bonchev–Trinajstić information content (AvgIpc) is 2.91. The highest BCUT2D eigenvalue weighted by Gasteiger charge is 2.41. The summed E-state index contributed by atoms with van der Waals surface area (Å²) < 4.78 is 12.0. The highest BCUT2D eigenvalue weighted by atomic mass is 16.5. The van der Waals surface area contributed by atoms with Gasteiger partial charge in [-0.05, 0) is 88.1 Å². The van der Waals surface area contributed by atoms with Crippen LogP contribution in [0.1, 0.15) is 82.0 Å². The second kappa shape index (κ2) is 10.8. The van der Waals surface area contributed by atoms with E-state index in [0.29, 0.717) is 11.1 Å². The quantitative estimate of drug-likeness (QED) is 0.476. The molecule has 6 nitrogen and oxygen atoms in total. The van der Waals surface area contributed by atoms with Gasteiger partial charge in [0.25, 0.3) is 0 Å². The van der Waals surface area contributed by atoms with E-state index in [1.165, 1.54) is 38.5 Å². The zero-order valence-electron chi connectivity index (χ0n) is 21.1. The molecule has 2 aromatic rings. The number of hydrogen-bond acceptors (Lipinski definition) is 5. The molecule has 0 saturated heterocycles. The minimum atomic E-state index is -0.668. The Labute approximate surface area is 209 Å². The molecule has 3 saturated carbocycles. The molecule has 3 aliphatic rings. The van der Waals surface area contributed by atoms with E-state index in [9.17, 15) is 10.1 Å². The summed E-state index contributed by atoms with van der Waals surface area (Å²) in [5.41, 5.74) is 1.19. The van der Waals surface area contributed by atoms with Gasteiger partial charge in [0.05, 0.1) is 42.4 Å². The lowest BCUT2D eigenvalue weighted by atomic mass is 9.61. The number of carbonyl (C=O) groups excluding carboxylic acids is 1. The van der Waals surface area contributed by atoms with Gasteiger partial charge in [-0.3, -0.25) is 9.78 Å². The minimum absolute atomic E-state index is 0.0538. The molecule has 1 heterocycles. The number of pyridine rings is 1. The number of aromatic nitrogens is 1. The van der Waals surface area contributed by atoms with Crippen LogP contribution in [0.3, 0.4) is 0 Å². The number of fused-ring (bicyclic) bond motifs is 3. The smallest absolute Gasteiger partial charge is 0.230 e. The predicted octanol–water partition coefficient (Wildman–Crippen LogP) is 5.71. The van der Waals surface area contributed by atoms with Crippen LogP contribution in [0, 0.1) is 22.7 Å². The standard InChI is InChI=1S/C29H37N3O3/c1-28(2,34-3)26(32-27(33)24(14-18-30)25-6-4-5-19-31-25)22-7-9-23(10-8-22)35-20-29-15-11-21(12-16-29)13-17-29/h4-10,19,21,24,26H,11-17,20H2,1-3H3,(H,32,33). The Kier molecular flexibility index (Phi) is 7.76. The van der Waals surface area contributed by atoms with E-state index in [4.69, 9.17) is 9.47 Å². The lowest BCUT2D eigenvalue weighted by molar-refractivity contribution is -0.126. The fourth-order valence-corrected chi connectivity index (χ4v) is 5.57. The van der Waals surface area contributed by atoms with E-state index in [0.717, 1.165) is 23.8 Å². The summed E-state index contributed by atoms with van der Waals surface area (Å²) in [6.07, 6.45) is 9.59. The van der Waals surface area contributed by atoms with Gasteiger partial charge in [0.2, 0.25) is 5.91 Å². The largest absolute Gasteiger partial charge is 0.493 e. The fraction of sp³-hybridized carbons (Fsp3) is 0.552. The zero-order valence-corrected chi connectivity index (χ0v) is 21.1. The van der Waals surface area contributed by atoms with Gasteiger partial charge < -0.3 is 14.8 Å². The number of nitrogens with one attached hydrogen (secondary N) is 1. The van der Waals surface area contributed by atoms with Crippen LogP contribution in [0.5, 0.6) is 5.75 Å². The first kappa shape index (κ1) is 25.2. The number of nitriles is 1. The molecule has 2 bridgehead atoms. The van der Waals surface area contributed by atoms with Gasteiger partial charge in [-0.2, -0.15) is 5.26 Å². The molecule has 0 aliphatic heterocycles. The first-order valence-electron chi connectivity index (χ1n) is 12.7. The third-order valence-corrected chi connectivity index (χ3v) is 8.17.